The molecule has 174 valence electrons. The third-order valence-electron chi connectivity index (χ3n) is 5.25. The summed E-state index contributed by atoms with van der Waals surface area (Å²) < 4.78 is 1.31. The van der Waals surface area contributed by atoms with E-state index in [0.717, 1.165) is 29.1 Å². The number of aromatic nitrogens is 2. The van der Waals surface area contributed by atoms with Crippen molar-refractivity contribution in [1.29, 1.82) is 0 Å². The summed E-state index contributed by atoms with van der Waals surface area (Å²) in [5.74, 6) is 0.631. The molecule has 0 fully saturated rings. The monoisotopic (exact) mass is 466 g/mol. The number of H-pyrrole nitrogens is 1. The maximum atomic E-state index is 13.1. The van der Waals surface area contributed by atoms with Gasteiger partial charge in [0.05, 0.1) is 6.54 Å². The molecule has 0 unspecified atom stereocenters. The fraction of sp³-hybridized carbons (Fsp3) is 0.320. The SMILES string of the molecule is CCCCN(C(=O)CCCSc1ccccc1)c1c(N)n(Cc2ccccc2)c(=O)[nH]c1=O. The van der Waals surface area contributed by atoms with Gasteiger partial charge in [-0.1, -0.05) is 61.9 Å². The summed E-state index contributed by atoms with van der Waals surface area (Å²) in [6.45, 7) is 2.60. The van der Waals surface area contributed by atoms with E-state index in [1.54, 1.807) is 11.8 Å². The molecule has 33 heavy (non-hydrogen) atoms. The first-order valence-electron chi connectivity index (χ1n) is 11.2. The Labute approximate surface area is 197 Å². The molecule has 8 heteroatoms. The second-order valence-electron chi connectivity index (χ2n) is 7.73. The van der Waals surface area contributed by atoms with Gasteiger partial charge in [-0.2, -0.15) is 0 Å². The van der Waals surface area contributed by atoms with E-state index in [9.17, 15) is 14.4 Å². The number of benzene rings is 2. The lowest BCUT2D eigenvalue weighted by atomic mass is 10.2. The highest BCUT2D eigenvalue weighted by Gasteiger charge is 2.23. The van der Waals surface area contributed by atoms with Gasteiger partial charge in [0.2, 0.25) is 5.91 Å². The van der Waals surface area contributed by atoms with Gasteiger partial charge in [0, 0.05) is 17.9 Å². The van der Waals surface area contributed by atoms with Gasteiger partial charge in [0.25, 0.3) is 5.56 Å². The van der Waals surface area contributed by atoms with Crippen LogP contribution in [0.5, 0.6) is 0 Å². The van der Waals surface area contributed by atoms with Crippen LogP contribution in [-0.4, -0.2) is 27.8 Å². The van der Waals surface area contributed by atoms with Crippen molar-refractivity contribution in [1.82, 2.24) is 9.55 Å². The molecule has 0 bridgehead atoms. The maximum Gasteiger partial charge on any atom is 0.330 e. The Morgan fingerprint density at radius 2 is 1.70 bits per heavy atom. The first-order valence-corrected chi connectivity index (χ1v) is 12.1. The van der Waals surface area contributed by atoms with Crippen LogP contribution >= 0.6 is 11.8 Å². The maximum absolute atomic E-state index is 13.1. The van der Waals surface area contributed by atoms with E-state index >= 15 is 0 Å². The fourth-order valence-electron chi connectivity index (χ4n) is 3.50. The molecule has 1 amide bonds. The van der Waals surface area contributed by atoms with Crippen molar-refractivity contribution in [2.75, 3.05) is 22.9 Å². The lowest BCUT2D eigenvalue weighted by Crippen LogP contribution is -2.41. The largest absolute Gasteiger partial charge is 0.383 e. The normalized spacial score (nSPS) is 10.8. The van der Waals surface area contributed by atoms with Crippen molar-refractivity contribution < 1.29 is 4.79 Å². The van der Waals surface area contributed by atoms with E-state index in [-0.39, 0.29) is 24.0 Å². The number of nitrogens with two attached hydrogens (primary N) is 1. The Morgan fingerprint density at radius 3 is 2.36 bits per heavy atom. The number of hydrogen-bond donors (Lipinski definition) is 2. The molecule has 0 aliphatic carbocycles. The molecule has 0 aliphatic rings. The molecule has 7 nitrogen and oxygen atoms in total. The molecule has 2 aromatic carbocycles. The van der Waals surface area contributed by atoms with Crippen molar-refractivity contribution in [3.05, 3.63) is 87.1 Å². The average molecular weight is 467 g/mol. The quantitative estimate of drug-likeness (QED) is 0.330. The molecular formula is C25H30N4O3S. The number of thioether (sulfide) groups is 1. The highest BCUT2D eigenvalue weighted by atomic mass is 32.2. The summed E-state index contributed by atoms with van der Waals surface area (Å²) in [4.78, 5) is 43.3. The van der Waals surface area contributed by atoms with Crippen LogP contribution in [0.15, 0.2) is 75.1 Å². The zero-order valence-electron chi connectivity index (χ0n) is 18.8. The number of aromatic amines is 1. The molecule has 1 heterocycles. The Balaban J connectivity index is 1.80. The lowest BCUT2D eigenvalue weighted by molar-refractivity contribution is -0.118. The predicted octanol–water partition coefficient (Wildman–Crippen LogP) is 3.87. The number of nitrogens with one attached hydrogen (secondary N) is 1. The van der Waals surface area contributed by atoms with E-state index in [4.69, 9.17) is 5.73 Å². The highest BCUT2D eigenvalue weighted by Crippen LogP contribution is 2.22. The predicted molar refractivity (Wildman–Crippen MR) is 135 cm³/mol. The molecule has 0 saturated carbocycles. The van der Waals surface area contributed by atoms with Crippen LogP contribution in [0.1, 0.15) is 38.2 Å². The number of anilines is 2. The smallest absolute Gasteiger partial charge is 0.330 e. The Bertz CT molecular complexity index is 1160. The minimum Gasteiger partial charge on any atom is -0.383 e. The zero-order chi connectivity index (χ0) is 23.6. The number of amides is 1. The van der Waals surface area contributed by atoms with E-state index in [1.165, 1.54) is 9.47 Å². The number of unbranched alkanes of at least 4 members (excludes halogenated alkanes) is 1. The molecule has 3 N–H and O–H groups in total. The van der Waals surface area contributed by atoms with Crippen LogP contribution in [0.4, 0.5) is 11.5 Å². The Kier molecular flexibility index (Phi) is 8.95. The van der Waals surface area contributed by atoms with E-state index < -0.39 is 11.2 Å². The van der Waals surface area contributed by atoms with Gasteiger partial charge in [-0.15, -0.1) is 11.8 Å². The number of carbonyl (C=O) groups is 1. The highest BCUT2D eigenvalue weighted by molar-refractivity contribution is 7.99. The van der Waals surface area contributed by atoms with Crippen molar-refractivity contribution in [2.45, 2.75) is 44.0 Å². The molecule has 0 radical (unpaired) electrons. The first kappa shape index (κ1) is 24.4. The molecule has 1 aromatic heterocycles. The average Bonchev–Trinajstić information content (AvgIpc) is 2.82. The minimum absolute atomic E-state index is 0.00992. The first-order chi connectivity index (χ1) is 16.0. The van der Waals surface area contributed by atoms with Crippen LogP contribution in [0.3, 0.4) is 0 Å². The van der Waals surface area contributed by atoms with Gasteiger partial charge in [0.1, 0.15) is 5.82 Å². The fourth-order valence-corrected chi connectivity index (χ4v) is 4.38. The molecular weight excluding hydrogens is 436 g/mol. The summed E-state index contributed by atoms with van der Waals surface area (Å²) in [5, 5.41) is 0. The van der Waals surface area contributed by atoms with Crippen molar-refractivity contribution in [2.24, 2.45) is 0 Å². The van der Waals surface area contributed by atoms with Crippen molar-refractivity contribution in [3.63, 3.8) is 0 Å². The number of nitrogen functional groups attached to an aromatic ring is 1. The van der Waals surface area contributed by atoms with Gasteiger partial charge in [-0.3, -0.25) is 19.1 Å². The molecule has 0 atom stereocenters. The summed E-state index contributed by atoms with van der Waals surface area (Å²) in [7, 11) is 0. The summed E-state index contributed by atoms with van der Waals surface area (Å²) >= 11 is 1.69. The van der Waals surface area contributed by atoms with Gasteiger partial charge in [-0.25, -0.2) is 4.79 Å². The van der Waals surface area contributed by atoms with E-state index in [0.29, 0.717) is 19.4 Å². The summed E-state index contributed by atoms with van der Waals surface area (Å²) in [5.41, 5.74) is 6.02. The number of hydrogen-bond acceptors (Lipinski definition) is 5. The van der Waals surface area contributed by atoms with Gasteiger partial charge in [-0.05, 0) is 36.3 Å². The van der Waals surface area contributed by atoms with Crippen LogP contribution in [0, 0.1) is 0 Å². The Hall–Kier alpha value is -3.26. The van der Waals surface area contributed by atoms with E-state index in [2.05, 4.69) is 4.98 Å². The lowest BCUT2D eigenvalue weighted by Gasteiger charge is -2.24. The van der Waals surface area contributed by atoms with Crippen LogP contribution < -0.4 is 21.9 Å². The Morgan fingerprint density at radius 1 is 1.03 bits per heavy atom. The van der Waals surface area contributed by atoms with Gasteiger partial charge < -0.3 is 10.6 Å². The summed E-state index contributed by atoms with van der Waals surface area (Å²) in [6, 6.07) is 19.4. The summed E-state index contributed by atoms with van der Waals surface area (Å²) in [6.07, 6.45) is 2.54. The van der Waals surface area contributed by atoms with Crippen LogP contribution in [-0.2, 0) is 11.3 Å². The van der Waals surface area contributed by atoms with Crippen LogP contribution in [0.25, 0.3) is 0 Å². The molecule has 3 aromatic rings. The number of carbonyl (C=O) groups excluding carboxylic acids is 1. The second kappa shape index (κ2) is 12.1. The van der Waals surface area contributed by atoms with Gasteiger partial charge in [0.15, 0.2) is 5.69 Å². The van der Waals surface area contributed by atoms with Crippen molar-refractivity contribution >= 4 is 29.2 Å². The molecule has 3 rings (SSSR count). The third kappa shape index (κ3) is 6.61. The van der Waals surface area contributed by atoms with E-state index in [1.807, 2.05) is 67.6 Å². The molecule has 0 aliphatic heterocycles. The molecule has 0 saturated heterocycles. The second-order valence-corrected chi connectivity index (χ2v) is 8.90. The zero-order valence-corrected chi connectivity index (χ0v) is 19.6. The number of rotatable bonds is 11. The minimum atomic E-state index is -0.634. The van der Waals surface area contributed by atoms with Crippen LogP contribution in [0.2, 0.25) is 0 Å². The van der Waals surface area contributed by atoms with Crippen molar-refractivity contribution in [3.8, 4) is 0 Å². The topological polar surface area (TPSA) is 101 Å². The molecule has 0 spiro atoms. The number of nitrogens with zero attached hydrogens (tertiary/aromatic N) is 2. The van der Waals surface area contributed by atoms with Gasteiger partial charge >= 0.3 is 5.69 Å². The standard InChI is InChI=1S/C25H30N4O3S/c1-2-3-16-28(21(30)15-10-17-33-20-13-8-5-9-14-20)22-23(26)29(25(32)27-24(22)31)18-19-11-6-4-7-12-19/h4-9,11-14H,2-3,10,15-18,26H2,1H3,(H,27,31,32). The third-order valence-corrected chi connectivity index (χ3v) is 6.35.